The maximum atomic E-state index is 12.8. The number of carbonyl (C=O) groups excluding carboxylic acids is 2. The molecule has 0 aromatic heterocycles. The molecule has 0 aromatic carbocycles. The van der Waals surface area contributed by atoms with Crippen LogP contribution in [0.3, 0.4) is 0 Å². The van der Waals surface area contributed by atoms with E-state index in [2.05, 4.69) is 0 Å². The first-order chi connectivity index (χ1) is 11.6. The van der Waals surface area contributed by atoms with Crippen LogP contribution in [0.15, 0.2) is 0 Å². The van der Waals surface area contributed by atoms with Crippen molar-refractivity contribution in [3.63, 3.8) is 0 Å². The molecule has 2 heterocycles. The molecule has 2 aliphatic heterocycles. The van der Waals surface area contributed by atoms with Crippen molar-refractivity contribution < 1.29 is 24.2 Å². The number of carboxylic acid groups (broad SMARTS) is 1. The van der Waals surface area contributed by atoms with E-state index < -0.39 is 17.9 Å². The SMILES string of the molecule is O=C(O)C1COCCN1C(=O)C1CC(=O)N(C2CCCCCC2)C1. The smallest absolute Gasteiger partial charge is 0.328 e. The molecule has 0 spiro atoms. The first-order valence-corrected chi connectivity index (χ1v) is 8.98. The van der Waals surface area contributed by atoms with E-state index in [9.17, 15) is 19.5 Å². The topological polar surface area (TPSA) is 87.1 Å². The predicted octanol–water partition coefficient (Wildman–Crippen LogP) is 0.870. The van der Waals surface area contributed by atoms with Gasteiger partial charge >= 0.3 is 5.97 Å². The Morgan fingerprint density at radius 2 is 1.83 bits per heavy atom. The molecule has 134 valence electrons. The number of carbonyl (C=O) groups is 3. The third-order valence-corrected chi connectivity index (χ3v) is 5.47. The van der Waals surface area contributed by atoms with Gasteiger partial charge in [0.25, 0.3) is 0 Å². The highest BCUT2D eigenvalue weighted by Gasteiger charge is 2.42. The van der Waals surface area contributed by atoms with Crippen molar-refractivity contribution >= 4 is 17.8 Å². The van der Waals surface area contributed by atoms with Crippen LogP contribution < -0.4 is 0 Å². The van der Waals surface area contributed by atoms with Gasteiger partial charge in [0.05, 0.1) is 19.1 Å². The molecule has 2 atom stereocenters. The normalized spacial score (nSPS) is 29.6. The number of likely N-dealkylation sites (tertiary alicyclic amines) is 1. The van der Waals surface area contributed by atoms with Crippen LogP contribution in [0.5, 0.6) is 0 Å². The van der Waals surface area contributed by atoms with Crippen molar-refractivity contribution in [3.8, 4) is 0 Å². The van der Waals surface area contributed by atoms with Crippen LogP contribution >= 0.6 is 0 Å². The quantitative estimate of drug-likeness (QED) is 0.772. The van der Waals surface area contributed by atoms with Gasteiger partial charge < -0.3 is 19.6 Å². The number of carboxylic acids is 1. The second-order valence-corrected chi connectivity index (χ2v) is 7.05. The van der Waals surface area contributed by atoms with Crippen LogP contribution in [0.4, 0.5) is 0 Å². The second-order valence-electron chi connectivity index (χ2n) is 7.05. The number of morpholine rings is 1. The first kappa shape index (κ1) is 17.2. The standard InChI is InChI=1S/C17H26N2O5/c20-15-9-12(10-19(15)13-5-3-1-2-4-6-13)16(21)18-7-8-24-11-14(18)17(22)23/h12-14H,1-11H2,(H,22,23). The van der Waals surface area contributed by atoms with E-state index in [4.69, 9.17) is 4.74 Å². The molecule has 1 saturated carbocycles. The van der Waals surface area contributed by atoms with Crippen molar-refractivity contribution in [3.05, 3.63) is 0 Å². The van der Waals surface area contributed by atoms with Crippen LogP contribution in [0, 0.1) is 5.92 Å². The monoisotopic (exact) mass is 338 g/mol. The Labute approximate surface area is 141 Å². The molecule has 2 unspecified atom stereocenters. The summed E-state index contributed by atoms with van der Waals surface area (Å²) < 4.78 is 5.19. The molecule has 1 aliphatic carbocycles. The fraction of sp³-hybridized carbons (Fsp3) is 0.824. The summed E-state index contributed by atoms with van der Waals surface area (Å²) in [6.07, 6.45) is 6.95. The summed E-state index contributed by atoms with van der Waals surface area (Å²) in [7, 11) is 0. The number of aliphatic carboxylic acids is 1. The highest BCUT2D eigenvalue weighted by Crippen LogP contribution is 2.29. The molecule has 2 saturated heterocycles. The summed E-state index contributed by atoms with van der Waals surface area (Å²) in [6.45, 7) is 1.09. The van der Waals surface area contributed by atoms with E-state index in [1.807, 2.05) is 4.90 Å². The average Bonchev–Trinajstić information content (AvgIpc) is 2.80. The van der Waals surface area contributed by atoms with E-state index in [1.54, 1.807) is 0 Å². The van der Waals surface area contributed by atoms with Crippen LogP contribution in [-0.4, -0.2) is 71.1 Å². The van der Waals surface area contributed by atoms with Gasteiger partial charge in [0, 0.05) is 25.6 Å². The molecule has 0 radical (unpaired) electrons. The Balaban J connectivity index is 1.65. The summed E-state index contributed by atoms with van der Waals surface area (Å²) in [5.74, 6) is -1.63. The lowest BCUT2D eigenvalue weighted by atomic mass is 10.0. The van der Waals surface area contributed by atoms with Crippen molar-refractivity contribution in [1.82, 2.24) is 9.80 Å². The van der Waals surface area contributed by atoms with E-state index >= 15 is 0 Å². The fourth-order valence-electron chi connectivity index (χ4n) is 4.13. The summed E-state index contributed by atoms with van der Waals surface area (Å²) >= 11 is 0. The summed E-state index contributed by atoms with van der Waals surface area (Å²) in [4.78, 5) is 39.8. The largest absolute Gasteiger partial charge is 0.480 e. The summed E-state index contributed by atoms with van der Waals surface area (Å²) in [6, 6.07) is -0.689. The molecule has 7 nitrogen and oxygen atoms in total. The Bertz CT molecular complexity index is 501. The third-order valence-electron chi connectivity index (χ3n) is 5.47. The van der Waals surface area contributed by atoms with Gasteiger partial charge in [-0.15, -0.1) is 0 Å². The van der Waals surface area contributed by atoms with Crippen LogP contribution in [0.1, 0.15) is 44.9 Å². The van der Waals surface area contributed by atoms with Gasteiger partial charge in [0.1, 0.15) is 0 Å². The first-order valence-electron chi connectivity index (χ1n) is 8.98. The Kier molecular flexibility index (Phi) is 5.38. The zero-order chi connectivity index (χ0) is 17.1. The number of amides is 2. The number of ether oxygens (including phenoxy) is 1. The summed E-state index contributed by atoms with van der Waals surface area (Å²) in [5.41, 5.74) is 0. The molecule has 3 rings (SSSR count). The van der Waals surface area contributed by atoms with Crippen molar-refractivity contribution in [2.24, 2.45) is 5.92 Å². The minimum absolute atomic E-state index is 0.0219. The molecule has 7 heteroatoms. The van der Waals surface area contributed by atoms with E-state index in [1.165, 1.54) is 17.7 Å². The Morgan fingerprint density at radius 3 is 2.50 bits per heavy atom. The molecule has 3 aliphatic rings. The molecule has 0 aromatic rings. The fourth-order valence-corrected chi connectivity index (χ4v) is 4.13. The van der Waals surface area contributed by atoms with Gasteiger partial charge in [-0.05, 0) is 12.8 Å². The van der Waals surface area contributed by atoms with Crippen LogP contribution in [0.2, 0.25) is 0 Å². The lowest BCUT2D eigenvalue weighted by Crippen LogP contribution is -2.54. The number of hydrogen-bond acceptors (Lipinski definition) is 4. The number of rotatable bonds is 3. The van der Waals surface area contributed by atoms with Crippen LogP contribution in [-0.2, 0) is 19.1 Å². The average molecular weight is 338 g/mol. The van der Waals surface area contributed by atoms with Crippen molar-refractivity contribution in [1.29, 1.82) is 0 Å². The number of nitrogens with zero attached hydrogens (tertiary/aromatic N) is 2. The molecular formula is C17H26N2O5. The molecular weight excluding hydrogens is 312 g/mol. The molecule has 3 fully saturated rings. The van der Waals surface area contributed by atoms with Gasteiger partial charge in [-0.1, -0.05) is 25.7 Å². The highest BCUT2D eigenvalue weighted by atomic mass is 16.5. The zero-order valence-corrected chi connectivity index (χ0v) is 14.0. The Morgan fingerprint density at radius 1 is 1.12 bits per heavy atom. The van der Waals surface area contributed by atoms with E-state index in [-0.39, 0.29) is 37.4 Å². The van der Waals surface area contributed by atoms with Gasteiger partial charge in [0.15, 0.2) is 6.04 Å². The van der Waals surface area contributed by atoms with Gasteiger partial charge in [-0.25, -0.2) is 4.79 Å². The van der Waals surface area contributed by atoms with Gasteiger partial charge in [0.2, 0.25) is 11.8 Å². The van der Waals surface area contributed by atoms with Gasteiger partial charge in [-0.2, -0.15) is 0 Å². The molecule has 24 heavy (non-hydrogen) atoms. The maximum Gasteiger partial charge on any atom is 0.328 e. The summed E-state index contributed by atoms with van der Waals surface area (Å²) in [5, 5.41) is 9.29. The predicted molar refractivity (Wildman–Crippen MR) is 85.3 cm³/mol. The lowest BCUT2D eigenvalue weighted by Gasteiger charge is -2.34. The maximum absolute atomic E-state index is 12.8. The lowest BCUT2D eigenvalue weighted by molar-refractivity contribution is -0.160. The van der Waals surface area contributed by atoms with Crippen LogP contribution in [0.25, 0.3) is 0 Å². The minimum atomic E-state index is -1.05. The second kappa shape index (κ2) is 7.51. The zero-order valence-electron chi connectivity index (χ0n) is 14.0. The molecule has 0 bridgehead atoms. The highest BCUT2D eigenvalue weighted by molar-refractivity contribution is 5.91. The molecule has 2 amide bonds. The minimum Gasteiger partial charge on any atom is -0.480 e. The van der Waals surface area contributed by atoms with E-state index in [0.717, 1.165) is 25.7 Å². The number of hydrogen-bond donors (Lipinski definition) is 1. The Hall–Kier alpha value is -1.63. The van der Waals surface area contributed by atoms with Gasteiger partial charge in [-0.3, -0.25) is 9.59 Å². The third kappa shape index (κ3) is 3.55. The molecule has 1 N–H and O–H groups in total. The van der Waals surface area contributed by atoms with E-state index in [0.29, 0.717) is 13.2 Å². The van der Waals surface area contributed by atoms with Crippen molar-refractivity contribution in [2.45, 2.75) is 57.0 Å². The van der Waals surface area contributed by atoms with Crippen molar-refractivity contribution in [2.75, 3.05) is 26.3 Å².